The second-order valence-corrected chi connectivity index (χ2v) is 3.80. The van der Waals surface area contributed by atoms with Crippen LogP contribution in [0.3, 0.4) is 0 Å². The quantitative estimate of drug-likeness (QED) is 0.871. The van der Waals surface area contributed by atoms with Crippen molar-refractivity contribution in [2.24, 2.45) is 0 Å². The fourth-order valence-corrected chi connectivity index (χ4v) is 1.24. The van der Waals surface area contributed by atoms with E-state index in [-0.39, 0.29) is 12.6 Å². The highest BCUT2D eigenvalue weighted by molar-refractivity contribution is 5.73. The van der Waals surface area contributed by atoms with Gasteiger partial charge >= 0.3 is 6.03 Å². The van der Waals surface area contributed by atoms with E-state index < -0.39 is 0 Å². The molecule has 0 atom stereocenters. The topological polar surface area (TPSA) is 84.2 Å². The van der Waals surface area contributed by atoms with Crippen LogP contribution in [0.4, 0.5) is 4.79 Å². The van der Waals surface area contributed by atoms with E-state index in [4.69, 9.17) is 4.42 Å². The van der Waals surface area contributed by atoms with Gasteiger partial charge in [0, 0.05) is 26.5 Å². The maximum Gasteiger partial charge on any atom is 0.317 e. The van der Waals surface area contributed by atoms with Crippen LogP contribution in [0.2, 0.25) is 0 Å². The summed E-state index contributed by atoms with van der Waals surface area (Å²) in [4.78, 5) is 16.7. The minimum atomic E-state index is -0.212. The van der Waals surface area contributed by atoms with Crippen molar-refractivity contribution >= 4 is 6.03 Å². The number of carbonyl (C=O) groups is 1. The SMILES string of the molecule is CN(C)C(=O)NCc1nnc(-c2cccnc2)o1. The number of pyridine rings is 1. The van der Waals surface area contributed by atoms with Crippen molar-refractivity contribution in [1.82, 2.24) is 25.4 Å². The first kappa shape index (κ1) is 12.0. The lowest BCUT2D eigenvalue weighted by Crippen LogP contribution is -2.34. The fraction of sp³-hybridized carbons (Fsp3) is 0.273. The highest BCUT2D eigenvalue weighted by atomic mass is 16.4. The van der Waals surface area contributed by atoms with Gasteiger partial charge in [0.1, 0.15) is 0 Å². The number of hydrogen-bond acceptors (Lipinski definition) is 5. The number of rotatable bonds is 3. The van der Waals surface area contributed by atoms with Gasteiger partial charge in [-0.1, -0.05) is 0 Å². The summed E-state index contributed by atoms with van der Waals surface area (Å²) < 4.78 is 5.40. The average molecular weight is 247 g/mol. The third-order valence-corrected chi connectivity index (χ3v) is 2.17. The summed E-state index contributed by atoms with van der Waals surface area (Å²) in [5, 5.41) is 10.4. The molecule has 18 heavy (non-hydrogen) atoms. The smallest absolute Gasteiger partial charge is 0.317 e. The number of amides is 2. The molecule has 2 aromatic rings. The molecule has 0 fully saturated rings. The highest BCUT2D eigenvalue weighted by Crippen LogP contribution is 2.15. The minimum Gasteiger partial charge on any atom is -0.419 e. The lowest BCUT2D eigenvalue weighted by Gasteiger charge is -2.09. The number of nitrogens with one attached hydrogen (secondary N) is 1. The van der Waals surface area contributed by atoms with Crippen LogP contribution >= 0.6 is 0 Å². The Morgan fingerprint density at radius 3 is 2.94 bits per heavy atom. The van der Waals surface area contributed by atoms with Crippen LogP contribution in [0.25, 0.3) is 11.5 Å². The van der Waals surface area contributed by atoms with Crippen molar-refractivity contribution in [2.75, 3.05) is 14.1 Å². The number of carbonyl (C=O) groups excluding carboxylic acids is 1. The van der Waals surface area contributed by atoms with E-state index in [9.17, 15) is 4.79 Å². The van der Waals surface area contributed by atoms with Gasteiger partial charge in [-0.3, -0.25) is 4.98 Å². The monoisotopic (exact) mass is 247 g/mol. The van der Waals surface area contributed by atoms with Crippen molar-refractivity contribution in [3.05, 3.63) is 30.4 Å². The summed E-state index contributed by atoms with van der Waals surface area (Å²) in [5.74, 6) is 0.737. The largest absolute Gasteiger partial charge is 0.419 e. The number of hydrogen-bond donors (Lipinski definition) is 1. The molecule has 2 rings (SSSR count). The van der Waals surface area contributed by atoms with E-state index >= 15 is 0 Å². The molecule has 94 valence electrons. The van der Waals surface area contributed by atoms with Crippen molar-refractivity contribution in [1.29, 1.82) is 0 Å². The van der Waals surface area contributed by atoms with Crippen LogP contribution < -0.4 is 5.32 Å². The Labute approximate surface area is 104 Å². The molecule has 0 radical (unpaired) electrons. The van der Waals surface area contributed by atoms with E-state index in [0.717, 1.165) is 5.56 Å². The molecular formula is C11H13N5O2. The maximum absolute atomic E-state index is 11.3. The summed E-state index contributed by atoms with van der Waals surface area (Å²) in [7, 11) is 3.31. The molecule has 2 amide bonds. The Hall–Kier alpha value is -2.44. The molecule has 0 aromatic carbocycles. The van der Waals surface area contributed by atoms with E-state index in [1.807, 2.05) is 6.07 Å². The first-order chi connectivity index (χ1) is 8.66. The molecule has 0 spiro atoms. The predicted molar refractivity (Wildman–Crippen MR) is 63.5 cm³/mol. The second-order valence-electron chi connectivity index (χ2n) is 3.80. The normalized spacial score (nSPS) is 10.1. The number of aromatic nitrogens is 3. The Morgan fingerprint density at radius 1 is 1.44 bits per heavy atom. The summed E-state index contributed by atoms with van der Waals surface area (Å²) in [5.41, 5.74) is 0.746. The van der Waals surface area contributed by atoms with Crippen LogP contribution in [0.1, 0.15) is 5.89 Å². The number of nitrogens with zero attached hydrogens (tertiary/aromatic N) is 4. The zero-order chi connectivity index (χ0) is 13.0. The zero-order valence-electron chi connectivity index (χ0n) is 10.1. The minimum absolute atomic E-state index is 0.199. The molecule has 0 aliphatic heterocycles. The van der Waals surface area contributed by atoms with Gasteiger partial charge in [0.05, 0.1) is 12.1 Å². The molecule has 0 unspecified atom stereocenters. The maximum atomic E-state index is 11.3. The van der Waals surface area contributed by atoms with Gasteiger partial charge in [-0.05, 0) is 12.1 Å². The summed E-state index contributed by atoms with van der Waals surface area (Å²) in [6, 6.07) is 3.39. The van der Waals surface area contributed by atoms with Gasteiger partial charge in [-0.15, -0.1) is 10.2 Å². The van der Waals surface area contributed by atoms with Crippen LogP contribution in [-0.2, 0) is 6.54 Å². The summed E-state index contributed by atoms with van der Waals surface area (Å²) >= 11 is 0. The Bertz CT molecular complexity index is 523. The van der Waals surface area contributed by atoms with Gasteiger partial charge < -0.3 is 14.6 Å². The summed E-state index contributed by atoms with van der Waals surface area (Å²) in [6.07, 6.45) is 3.30. The molecule has 7 heteroatoms. The van der Waals surface area contributed by atoms with Crippen molar-refractivity contribution < 1.29 is 9.21 Å². The van der Waals surface area contributed by atoms with Crippen molar-refractivity contribution in [3.8, 4) is 11.5 Å². The van der Waals surface area contributed by atoms with E-state index in [1.54, 1.807) is 32.6 Å². The van der Waals surface area contributed by atoms with Gasteiger partial charge in [0.15, 0.2) is 0 Å². The molecule has 2 aromatic heterocycles. The molecule has 0 saturated heterocycles. The van der Waals surface area contributed by atoms with Crippen molar-refractivity contribution in [2.45, 2.75) is 6.54 Å². The van der Waals surface area contributed by atoms with E-state index in [0.29, 0.717) is 11.8 Å². The fourth-order valence-electron chi connectivity index (χ4n) is 1.24. The average Bonchev–Trinajstić information content (AvgIpc) is 2.85. The first-order valence-corrected chi connectivity index (χ1v) is 5.35. The van der Waals surface area contributed by atoms with Gasteiger partial charge in [-0.25, -0.2) is 4.79 Å². The first-order valence-electron chi connectivity index (χ1n) is 5.35. The molecule has 1 N–H and O–H groups in total. The van der Waals surface area contributed by atoms with Crippen LogP contribution in [-0.4, -0.2) is 40.2 Å². The van der Waals surface area contributed by atoms with Crippen LogP contribution in [0.15, 0.2) is 28.9 Å². The van der Waals surface area contributed by atoms with Gasteiger partial charge in [0.25, 0.3) is 0 Å². The van der Waals surface area contributed by atoms with Crippen LogP contribution in [0, 0.1) is 0 Å². The van der Waals surface area contributed by atoms with E-state index in [2.05, 4.69) is 20.5 Å². The molecule has 2 heterocycles. The van der Waals surface area contributed by atoms with E-state index in [1.165, 1.54) is 4.90 Å². The predicted octanol–water partition coefficient (Wildman–Crippen LogP) is 0.903. The Morgan fingerprint density at radius 2 is 2.28 bits per heavy atom. The molecule has 0 aliphatic rings. The van der Waals surface area contributed by atoms with Crippen LogP contribution in [0.5, 0.6) is 0 Å². The lowest BCUT2D eigenvalue weighted by atomic mass is 10.3. The number of urea groups is 1. The third-order valence-electron chi connectivity index (χ3n) is 2.17. The second kappa shape index (κ2) is 5.26. The zero-order valence-corrected chi connectivity index (χ0v) is 10.1. The molecule has 7 nitrogen and oxygen atoms in total. The summed E-state index contributed by atoms with van der Waals surface area (Å²) in [6.45, 7) is 0.199. The molecule has 0 bridgehead atoms. The molecular weight excluding hydrogens is 234 g/mol. The molecule has 0 saturated carbocycles. The van der Waals surface area contributed by atoms with Crippen molar-refractivity contribution in [3.63, 3.8) is 0 Å². The Balaban J connectivity index is 2.01. The van der Waals surface area contributed by atoms with Gasteiger partial charge in [0.2, 0.25) is 11.8 Å². The highest BCUT2D eigenvalue weighted by Gasteiger charge is 2.10. The lowest BCUT2D eigenvalue weighted by molar-refractivity contribution is 0.216. The van der Waals surface area contributed by atoms with Gasteiger partial charge in [-0.2, -0.15) is 0 Å². The third kappa shape index (κ3) is 2.82. The standard InChI is InChI=1S/C11H13N5O2/c1-16(2)11(17)13-7-9-14-15-10(18-9)8-4-3-5-12-6-8/h3-6H,7H2,1-2H3,(H,13,17). The Kier molecular flexibility index (Phi) is 3.52. The molecule has 0 aliphatic carbocycles.